The van der Waals surface area contributed by atoms with Crippen molar-refractivity contribution in [3.8, 4) is 39.1 Å². The number of carbonyl (C=O) groups is 6. The molecule has 9 aromatic rings. The Hall–Kier alpha value is -10.3. The number of carbonyl (C=O) groups excluding carboxylic acids is 3. The van der Waals surface area contributed by atoms with Gasteiger partial charge in [0.1, 0.15) is 23.1 Å². The molecule has 9 rings (SSSR count). The fourth-order valence-electron chi connectivity index (χ4n) is 7.99. The minimum Gasteiger partial charge on any atom is -0.497 e. The van der Waals surface area contributed by atoms with Crippen LogP contribution in [-0.4, -0.2) is 58.1 Å². The number of carboxylic acids is 3. The number of anilines is 3. The Kier molecular flexibility index (Phi) is 18.9. The van der Waals surface area contributed by atoms with Gasteiger partial charge in [-0.25, -0.2) is 23.2 Å². The highest BCUT2D eigenvalue weighted by Crippen LogP contribution is 2.31. The number of nitrogens with one attached hydrogen (secondary N) is 3. The number of rotatable bonds is 14. The second-order valence-electron chi connectivity index (χ2n) is 17.1. The van der Waals surface area contributed by atoms with Crippen LogP contribution in [0.3, 0.4) is 0 Å². The van der Waals surface area contributed by atoms with E-state index in [1.54, 1.807) is 61.7 Å². The molecule has 0 radical (unpaired) electrons. The number of halogens is 3. The highest BCUT2D eigenvalue weighted by molar-refractivity contribution is 6.33. The van der Waals surface area contributed by atoms with E-state index in [0.717, 1.165) is 52.1 Å². The molecule has 3 amide bonds. The minimum atomic E-state index is -1.31. The van der Waals surface area contributed by atoms with E-state index in [0.29, 0.717) is 27.5 Å². The molecule has 16 heteroatoms. The highest BCUT2D eigenvalue weighted by Gasteiger charge is 2.21. The van der Waals surface area contributed by atoms with Gasteiger partial charge in [-0.2, -0.15) is 0 Å². The van der Waals surface area contributed by atoms with Gasteiger partial charge in [-0.15, -0.1) is 0 Å². The van der Waals surface area contributed by atoms with Crippen molar-refractivity contribution in [3.05, 3.63) is 262 Å². The van der Waals surface area contributed by atoms with Crippen LogP contribution in [0, 0.1) is 11.6 Å². The van der Waals surface area contributed by atoms with Gasteiger partial charge in [-0.3, -0.25) is 14.4 Å². The first-order valence-electron chi connectivity index (χ1n) is 24.1. The molecule has 0 bridgehead atoms. The van der Waals surface area contributed by atoms with Crippen molar-refractivity contribution in [2.45, 2.75) is 13.3 Å². The summed E-state index contributed by atoms with van der Waals surface area (Å²) in [5.74, 6) is -6.54. The van der Waals surface area contributed by atoms with Crippen molar-refractivity contribution in [1.29, 1.82) is 0 Å². The maximum absolute atomic E-state index is 14.5. The van der Waals surface area contributed by atoms with Crippen LogP contribution in [0.1, 0.15) is 74.6 Å². The number of aryl methyl sites for hydroxylation is 1. The predicted octanol–water partition coefficient (Wildman–Crippen LogP) is 14.4. The fraction of sp³-hybridized carbons (Fsp3) is 0.0476. The lowest BCUT2D eigenvalue weighted by Gasteiger charge is -2.12. The molecule has 0 saturated heterocycles. The van der Waals surface area contributed by atoms with Gasteiger partial charge in [0.05, 0.1) is 40.5 Å². The number of hydrogen-bond acceptors (Lipinski definition) is 7. The third-order valence-corrected chi connectivity index (χ3v) is 12.4. The van der Waals surface area contributed by atoms with Crippen LogP contribution in [-0.2, 0) is 6.42 Å². The number of methoxy groups -OCH3 is 1. The van der Waals surface area contributed by atoms with E-state index < -0.39 is 53.0 Å². The van der Waals surface area contributed by atoms with Crippen molar-refractivity contribution in [2.24, 2.45) is 0 Å². The molecule has 0 fully saturated rings. The monoisotopic (exact) mass is 1080 g/mol. The van der Waals surface area contributed by atoms with Crippen molar-refractivity contribution < 1.29 is 57.6 Å². The average Bonchev–Trinajstić information content (AvgIpc) is 3.53. The van der Waals surface area contributed by atoms with E-state index in [9.17, 15) is 47.8 Å². The summed E-state index contributed by atoms with van der Waals surface area (Å²) in [5.41, 5.74) is 6.10. The largest absolute Gasteiger partial charge is 0.497 e. The van der Waals surface area contributed by atoms with Gasteiger partial charge in [0, 0.05) is 22.0 Å². The third-order valence-electron chi connectivity index (χ3n) is 12.0. The molecule has 0 atom stereocenters. The van der Waals surface area contributed by atoms with E-state index in [-0.39, 0.29) is 33.4 Å². The second-order valence-corrected chi connectivity index (χ2v) is 17.6. The van der Waals surface area contributed by atoms with Crippen LogP contribution in [0.15, 0.2) is 206 Å². The Morgan fingerprint density at radius 2 is 0.835 bits per heavy atom. The Balaban J connectivity index is 0.000000172. The van der Waals surface area contributed by atoms with Crippen LogP contribution in [0.5, 0.6) is 5.75 Å². The number of aromatic carboxylic acids is 3. The lowest BCUT2D eigenvalue weighted by Crippen LogP contribution is -2.18. The zero-order valence-electron chi connectivity index (χ0n) is 42.2. The number of hydrogen-bond donors (Lipinski definition) is 6. The second kappa shape index (κ2) is 26.5. The molecule has 396 valence electrons. The quantitative estimate of drug-likeness (QED) is 0.0607. The topological polar surface area (TPSA) is 208 Å². The van der Waals surface area contributed by atoms with Crippen LogP contribution in [0.25, 0.3) is 33.4 Å². The molecule has 0 saturated carbocycles. The van der Waals surface area contributed by atoms with Gasteiger partial charge in [0.25, 0.3) is 17.7 Å². The SMILES string of the molecule is CCc1cccc(-c2cc(F)c(NC(=O)c3ccccc3C(=O)O)c(F)c2)c1.COc1cccc(-c2ccc(NC(=O)c3ccccc3C(=O)O)cc2)c1.O=C(O)c1ccccc1C(=O)Nc1ccc(-c2ccccc2Cl)cc1. The van der Waals surface area contributed by atoms with Crippen LogP contribution >= 0.6 is 11.6 Å². The first kappa shape index (κ1) is 56.5. The van der Waals surface area contributed by atoms with Crippen molar-refractivity contribution in [3.63, 3.8) is 0 Å². The summed E-state index contributed by atoms with van der Waals surface area (Å²) in [6.07, 6.45) is 0.788. The highest BCUT2D eigenvalue weighted by atomic mass is 35.5. The molecule has 0 aliphatic carbocycles. The molecule has 0 aliphatic heterocycles. The van der Waals surface area contributed by atoms with Crippen molar-refractivity contribution in [2.75, 3.05) is 23.1 Å². The maximum atomic E-state index is 14.5. The van der Waals surface area contributed by atoms with Gasteiger partial charge >= 0.3 is 17.9 Å². The normalized spacial score (nSPS) is 10.3. The number of ether oxygens (including phenoxy) is 1. The van der Waals surface area contributed by atoms with Crippen LogP contribution in [0.2, 0.25) is 5.02 Å². The molecule has 9 aromatic carbocycles. The number of amides is 3. The number of benzene rings is 9. The zero-order valence-corrected chi connectivity index (χ0v) is 42.9. The lowest BCUT2D eigenvalue weighted by molar-refractivity contribution is 0.0683. The van der Waals surface area contributed by atoms with Gasteiger partial charge < -0.3 is 36.0 Å². The molecular weight excluding hydrogens is 1030 g/mol. The van der Waals surface area contributed by atoms with E-state index in [1.165, 1.54) is 48.5 Å². The Labute approximate surface area is 457 Å². The summed E-state index contributed by atoms with van der Waals surface area (Å²) < 4.78 is 34.3. The smallest absolute Gasteiger partial charge is 0.336 e. The summed E-state index contributed by atoms with van der Waals surface area (Å²) in [7, 11) is 1.62. The summed E-state index contributed by atoms with van der Waals surface area (Å²) in [6.45, 7) is 1.98. The van der Waals surface area contributed by atoms with E-state index in [1.807, 2.05) is 97.9 Å². The predicted molar refractivity (Wildman–Crippen MR) is 301 cm³/mol. The molecule has 0 spiro atoms. The Morgan fingerprint density at radius 1 is 0.430 bits per heavy atom. The van der Waals surface area contributed by atoms with Gasteiger partial charge in [-0.05, 0) is 131 Å². The minimum absolute atomic E-state index is 0.0296. The summed E-state index contributed by atoms with van der Waals surface area (Å²) in [5, 5.41) is 35.8. The average molecular weight is 1080 g/mol. The molecule has 0 aromatic heterocycles. The molecule has 0 unspecified atom stereocenters. The van der Waals surface area contributed by atoms with Crippen LogP contribution in [0.4, 0.5) is 25.8 Å². The summed E-state index contributed by atoms with van der Waals surface area (Å²) in [4.78, 5) is 70.8. The summed E-state index contributed by atoms with van der Waals surface area (Å²) in [6, 6.07) is 56.9. The Morgan fingerprint density at radius 3 is 1.28 bits per heavy atom. The van der Waals surface area contributed by atoms with Crippen molar-refractivity contribution in [1.82, 2.24) is 0 Å². The molecule has 13 nitrogen and oxygen atoms in total. The van der Waals surface area contributed by atoms with Gasteiger partial charge in [0.15, 0.2) is 0 Å². The van der Waals surface area contributed by atoms with Crippen molar-refractivity contribution >= 4 is 64.3 Å². The number of carboxylic acid groups (broad SMARTS) is 3. The van der Waals surface area contributed by atoms with E-state index >= 15 is 0 Å². The maximum Gasteiger partial charge on any atom is 0.336 e. The molecule has 6 N–H and O–H groups in total. The fourth-order valence-corrected chi connectivity index (χ4v) is 8.23. The molecule has 79 heavy (non-hydrogen) atoms. The molecular formula is C63H48ClF2N3O10. The van der Waals surface area contributed by atoms with Gasteiger partial charge in [-0.1, -0.05) is 134 Å². The first-order valence-corrected chi connectivity index (χ1v) is 24.5. The summed E-state index contributed by atoms with van der Waals surface area (Å²) >= 11 is 6.18. The van der Waals surface area contributed by atoms with Gasteiger partial charge in [0.2, 0.25) is 0 Å². The van der Waals surface area contributed by atoms with E-state index in [4.69, 9.17) is 21.4 Å². The van der Waals surface area contributed by atoms with Crippen LogP contribution < -0.4 is 20.7 Å². The Bertz CT molecular complexity index is 3700. The zero-order chi connectivity index (χ0) is 56.6. The molecule has 0 aliphatic rings. The van der Waals surface area contributed by atoms with E-state index in [2.05, 4.69) is 16.0 Å². The molecule has 0 heterocycles. The first-order chi connectivity index (χ1) is 38.0. The lowest BCUT2D eigenvalue weighted by atomic mass is 10.0. The standard InChI is InChI=1S/C22H17F2NO3.C21H17NO4.C20H14ClNO3/c1-2-13-6-5-7-14(10-13)15-11-18(23)20(19(24)12-15)25-21(26)16-8-3-4-9-17(16)22(27)28;1-26-17-6-4-5-15(13-17)14-9-11-16(12-10-14)22-20(23)18-7-2-3-8-19(18)21(24)25;21-18-8-4-3-5-15(18)13-9-11-14(12-10-13)22-19(23)16-6-1-2-7-17(16)20(24)25/h3-12H,2H2,1H3,(H,25,26)(H,27,28);2-13H,1H3,(H,22,23)(H,24,25);1-12H,(H,22,23)(H,24,25). The third kappa shape index (κ3) is 14.6.